The number of piperidine rings is 1. The minimum Gasteiger partial charge on any atom is -0.360 e. The average molecular weight is 311 g/mol. The summed E-state index contributed by atoms with van der Waals surface area (Å²) in [6.07, 6.45) is 5.29. The van der Waals surface area contributed by atoms with Gasteiger partial charge in [0.05, 0.1) is 12.2 Å². The van der Waals surface area contributed by atoms with Crippen molar-refractivity contribution in [2.24, 2.45) is 0 Å². The van der Waals surface area contributed by atoms with Crippen molar-refractivity contribution in [2.75, 3.05) is 13.1 Å². The molecule has 23 heavy (non-hydrogen) atoms. The summed E-state index contributed by atoms with van der Waals surface area (Å²) >= 11 is 0. The normalized spacial score (nSPS) is 19.4. The summed E-state index contributed by atoms with van der Waals surface area (Å²) in [4.78, 5) is 2.43. The molecule has 3 aromatic rings. The third kappa shape index (κ3) is 2.86. The van der Waals surface area contributed by atoms with Gasteiger partial charge in [-0.25, -0.2) is 0 Å². The fraction of sp³-hybridized carbons (Fsp3) is 0.471. The van der Waals surface area contributed by atoms with Gasteiger partial charge in [0, 0.05) is 24.7 Å². The molecule has 6 heteroatoms. The number of hydrogen-bond acceptors (Lipinski definition) is 5. The lowest BCUT2D eigenvalue weighted by atomic mass is 9.97. The maximum atomic E-state index is 5.43. The highest BCUT2D eigenvalue weighted by Crippen LogP contribution is 2.27. The van der Waals surface area contributed by atoms with Crippen molar-refractivity contribution in [3.8, 4) is 0 Å². The Kier molecular flexibility index (Phi) is 3.83. The smallest absolute Gasteiger partial charge is 0.160 e. The molecule has 1 aliphatic rings. The van der Waals surface area contributed by atoms with Crippen molar-refractivity contribution in [1.82, 2.24) is 24.7 Å². The van der Waals surface area contributed by atoms with Crippen LogP contribution in [0.2, 0.25) is 0 Å². The molecule has 4 heterocycles. The van der Waals surface area contributed by atoms with Gasteiger partial charge in [-0.3, -0.25) is 9.30 Å². The Morgan fingerprint density at radius 3 is 3.13 bits per heavy atom. The van der Waals surface area contributed by atoms with Crippen molar-refractivity contribution < 1.29 is 4.52 Å². The Hall–Kier alpha value is -2.21. The lowest BCUT2D eigenvalue weighted by Gasteiger charge is -2.31. The highest BCUT2D eigenvalue weighted by Gasteiger charge is 2.25. The van der Waals surface area contributed by atoms with E-state index in [1.54, 1.807) is 0 Å². The van der Waals surface area contributed by atoms with Crippen molar-refractivity contribution in [1.29, 1.82) is 0 Å². The minimum atomic E-state index is 0.412. The van der Waals surface area contributed by atoms with Crippen LogP contribution in [0.4, 0.5) is 0 Å². The predicted molar refractivity (Wildman–Crippen MR) is 86.1 cm³/mol. The van der Waals surface area contributed by atoms with Crippen LogP contribution in [0.5, 0.6) is 0 Å². The molecule has 120 valence electrons. The molecule has 0 aliphatic carbocycles. The lowest BCUT2D eigenvalue weighted by molar-refractivity contribution is 0.177. The standard InChI is InChI=1S/C17H21N5O/c1-2-14-10-15(23-20-14)12-21-8-5-6-13(11-21)17-19-18-16-7-3-4-9-22(16)17/h3-4,7,9-10,13H,2,5-6,8,11-12H2,1H3/t13-/m0/s1. The number of aryl methyl sites for hydroxylation is 1. The van der Waals surface area contributed by atoms with E-state index in [-0.39, 0.29) is 0 Å². The molecule has 1 fully saturated rings. The van der Waals surface area contributed by atoms with Crippen LogP contribution in [0.15, 0.2) is 35.0 Å². The fourth-order valence-electron chi connectivity index (χ4n) is 3.37. The van der Waals surface area contributed by atoms with Crippen LogP contribution in [0.3, 0.4) is 0 Å². The number of nitrogens with zero attached hydrogens (tertiary/aromatic N) is 5. The van der Waals surface area contributed by atoms with E-state index < -0.39 is 0 Å². The molecule has 1 saturated heterocycles. The topological polar surface area (TPSA) is 59.5 Å². The number of rotatable bonds is 4. The highest BCUT2D eigenvalue weighted by molar-refractivity contribution is 5.37. The van der Waals surface area contributed by atoms with Crippen LogP contribution < -0.4 is 0 Å². The molecule has 1 aliphatic heterocycles. The second kappa shape index (κ2) is 6.12. The summed E-state index contributed by atoms with van der Waals surface area (Å²) in [5.41, 5.74) is 1.94. The summed E-state index contributed by atoms with van der Waals surface area (Å²) in [7, 11) is 0. The Labute approximate surface area is 135 Å². The Morgan fingerprint density at radius 1 is 1.30 bits per heavy atom. The summed E-state index contributed by atoms with van der Waals surface area (Å²) in [6, 6.07) is 8.09. The maximum Gasteiger partial charge on any atom is 0.160 e. The molecule has 4 rings (SSSR count). The summed E-state index contributed by atoms with van der Waals surface area (Å²) in [5.74, 6) is 2.43. The first-order valence-corrected chi connectivity index (χ1v) is 8.30. The maximum absolute atomic E-state index is 5.43. The zero-order valence-electron chi connectivity index (χ0n) is 13.4. The second-order valence-corrected chi connectivity index (χ2v) is 6.20. The first-order chi connectivity index (χ1) is 11.3. The average Bonchev–Trinajstić information content (AvgIpc) is 3.21. The van der Waals surface area contributed by atoms with E-state index in [9.17, 15) is 0 Å². The third-order valence-electron chi connectivity index (χ3n) is 4.56. The number of likely N-dealkylation sites (tertiary alicyclic amines) is 1. The highest BCUT2D eigenvalue weighted by atomic mass is 16.5. The largest absolute Gasteiger partial charge is 0.360 e. The van der Waals surface area contributed by atoms with E-state index >= 15 is 0 Å². The molecular formula is C17H21N5O. The van der Waals surface area contributed by atoms with Gasteiger partial charge < -0.3 is 4.52 Å². The second-order valence-electron chi connectivity index (χ2n) is 6.20. The summed E-state index contributed by atoms with van der Waals surface area (Å²) < 4.78 is 7.54. The van der Waals surface area contributed by atoms with Crippen molar-refractivity contribution >= 4 is 5.65 Å². The molecule has 0 spiro atoms. The van der Waals surface area contributed by atoms with E-state index in [2.05, 4.69) is 37.6 Å². The summed E-state index contributed by atoms with van der Waals surface area (Å²) in [5, 5.41) is 12.8. The van der Waals surface area contributed by atoms with Crippen LogP contribution in [-0.4, -0.2) is 37.7 Å². The molecule has 0 unspecified atom stereocenters. The summed E-state index contributed by atoms with van der Waals surface area (Å²) in [6.45, 7) is 4.99. The molecule has 0 amide bonds. The van der Waals surface area contributed by atoms with Gasteiger partial charge in [0.1, 0.15) is 5.82 Å². The monoisotopic (exact) mass is 311 g/mol. The van der Waals surface area contributed by atoms with Crippen LogP contribution in [0.25, 0.3) is 5.65 Å². The van der Waals surface area contributed by atoms with E-state index in [0.29, 0.717) is 5.92 Å². The molecule has 0 aromatic carbocycles. The van der Waals surface area contributed by atoms with Gasteiger partial charge in [0.15, 0.2) is 11.4 Å². The fourth-order valence-corrected chi connectivity index (χ4v) is 3.37. The number of hydrogen-bond donors (Lipinski definition) is 0. The van der Waals surface area contributed by atoms with Gasteiger partial charge in [-0.2, -0.15) is 0 Å². The number of aromatic nitrogens is 4. The molecule has 6 nitrogen and oxygen atoms in total. The van der Waals surface area contributed by atoms with E-state index in [1.807, 2.05) is 24.4 Å². The van der Waals surface area contributed by atoms with Crippen molar-refractivity contribution in [3.63, 3.8) is 0 Å². The van der Waals surface area contributed by atoms with E-state index in [0.717, 1.165) is 55.4 Å². The van der Waals surface area contributed by atoms with Gasteiger partial charge in [-0.05, 0) is 37.9 Å². The molecule has 0 radical (unpaired) electrons. The van der Waals surface area contributed by atoms with E-state index in [1.165, 1.54) is 6.42 Å². The predicted octanol–water partition coefficient (Wildman–Crippen LogP) is 2.66. The molecule has 3 aromatic heterocycles. The Balaban J connectivity index is 1.50. The molecular weight excluding hydrogens is 290 g/mol. The minimum absolute atomic E-state index is 0.412. The molecule has 0 bridgehead atoms. The van der Waals surface area contributed by atoms with Gasteiger partial charge in [-0.15, -0.1) is 10.2 Å². The zero-order valence-corrected chi connectivity index (χ0v) is 13.4. The third-order valence-corrected chi connectivity index (χ3v) is 4.56. The lowest BCUT2D eigenvalue weighted by Crippen LogP contribution is -2.34. The number of pyridine rings is 1. The first-order valence-electron chi connectivity index (χ1n) is 8.30. The van der Waals surface area contributed by atoms with Crippen LogP contribution in [-0.2, 0) is 13.0 Å². The van der Waals surface area contributed by atoms with Crippen molar-refractivity contribution in [3.05, 3.63) is 47.7 Å². The van der Waals surface area contributed by atoms with Crippen LogP contribution >= 0.6 is 0 Å². The van der Waals surface area contributed by atoms with E-state index in [4.69, 9.17) is 4.52 Å². The van der Waals surface area contributed by atoms with Crippen molar-refractivity contribution in [2.45, 2.75) is 38.6 Å². The Morgan fingerprint density at radius 2 is 2.26 bits per heavy atom. The number of fused-ring (bicyclic) bond motifs is 1. The Bertz CT molecular complexity index is 793. The van der Waals surface area contributed by atoms with Gasteiger partial charge in [0.25, 0.3) is 0 Å². The molecule has 0 saturated carbocycles. The molecule has 1 atom stereocenters. The van der Waals surface area contributed by atoms with Gasteiger partial charge in [0.2, 0.25) is 0 Å². The SMILES string of the molecule is CCc1cc(CN2CCC[C@H](c3nnc4ccccn34)C2)on1. The zero-order chi connectivity index (χ0) is 15.6. The van der Waals surface area contributed by atoms with Crippen LogP contribution in [0.1, 0.15) is 43.0 Å². The quantitative estimate of drug-likeness (QED) is 0.741. The van der Waals surface area contributed by atoms with Crippen LogP contribution in [0, 0.1) is 0 Å². The molecule has 0 N–H and O–H groups in total. The van der Waals surface area contributed by atoms with Gasteiger partial charge >= 0.3 is 0 Å². The first kappa shape index (κ1) is 14.4. The van der Waals surface area contributed by atoms with Gasteiger partial charge in [-0.1, -0.05) is 18.1 Å².